The van der Waals surface area contributed by atoms with Gasteiger partial charge in [0.1, 0.15) is 12.3 Å². The van der Waals surface area contributed by atoms with Crippen LogP contribution in [0, 0.1) is 0 Å². The van der Waals surface area contributed by atoms with E-state index in [1.54, 1.807) is 36.1 Å². The summed E-state index contributed by atoms with van der Waals surface area (Å²) in [7, 11) is 0. The van der Waals surface area contributed by atoms with E-state index in [-0.39, 0.29) is 12.5 Å². The fraction of sp³-hybridized carbons (Fsp3) is 0.500. The van der Waals surface area contributed by atoms with Crippen LogP contribution in [0.1, 0.15) is 37.0 Å². The molecule has 0 radical (unpaired) electrons. The third-order valence-electron chi connectivity index (χ3n) is 3.89. The average molecular weight is 348 g/mol. The van der Waals surface area contributed by atoms with Crippen LogP contribution in [-0.2, 0) is 14.3 Å². The predicted molar refractivity (Wildman–Crippen MR) is 91.3 cm³/mol. The van der Waals surface area contributed by atoms with E-state index in [2.05, 4.69) is 5.32 Å². The molecule has 1 aromatic carbocycles. The summed E-state index contributed by atoms with van der Waals surface area (Å²) in [6, 6.07) is 6.61. The van der Waals surface area contributed by atoms with Gasteiger partial charge in [0.25, 0.3) is 11.8 Å². The second-order valence-corrected chi connectivity index (χ2v) is 5.80. The van der Waals surface area contributed by atoms with Gasteiger partial charge in [-0.3, -0.25) is 14.4 Å². The lowest BCUT2D eigenvalue weighted by Crippen LogP contribution is -2.40. The van der Waals surface area contributed by atoms with Gasteiger partial charge >= 0.3 is 5.97 Å². The highest BCUT2D eigenvalue weighted by molar-refractivity contribution is 5.96. The van der Waals surface area contributed by atoms with E-state index in [1.807, 2.05) is 6.92 Å². The third kappa shape index (κ3) is 5.48. The van der Waals surface area contributed by atoms with E-state index in [0.29, 0.717) is 31.0 Å². The first-order chi connectivity index (χ1) is 12.0. The zero-order chi connectivity index (χ0) is 18.2. The molecule has 1 saturated heterocycles. The molecule has 1 aromatic rings. The number of nitrogens with one attached hydrogen (secondary N) is 1. The van der Waals surface area contributed by atoms with Crippen LogP contribution in [0.25, 0.3) is 0 Å². The van der Waals surface area contributed by atoms with E-state index in [4.69, 9.17) is 9.47 Å². The molecular formula is C18H24N2O5. The standard InChI is InChI=1S/C18H24N2O5/c1-3-24-15-8-6-14(7-9-15)17(22)19-12-16(21)25-13(2)18(23)20-10-4-5-11-20/h6-9,13H,3-5,10-12H2,1-2H3,(H,19,22)/t13-/m1/s1. The number of esters is 1. The topological polar surface area (TPSA) is 84.9 Å². The molecule has 1 aliphatic rings. The number of hydrogen-bond acceptors (Lipinski definition) is 5. The summed E-state index contributed by atoms with van der Waals surface area (Å²) < 4.78 is 10.4. The lowest BCUT2D eigenvalue weighted by Gasteiger charge is -2.20. The maximum atomic E-state index is 12.1. The van der Waals surface area contributed by atoms with Crippen LogP contribution < -0.4 is 10.1 Å². The van der Waals surface area contributed by atoms with Crippen molar-refractivity contribution in [1.82, 2.24) is 10.2 Å². The van der Waals surface area contributed by atoms with Crippen molar-refractivity contribution in [3.8, 4) is 5.75 Å². The molecule has 0 bridgehead atoms. The number of amides is 2. The van der Waals surface area contributed by atoms with Crippen molar-refractivity contribution in [2.24, 2.45) is 0 Å². The Balaban J connectivity index is 1.76. The van der Waals surface area contributed by atoms with Crippen molar-refractivity contribution in [1.29, 1.82) is 0 Å². The van der Waals surface area contributed by atoms with Gasteiger partial charge < -0.3 is 19.7 Å². The Morgan fingerprint density at radius 2 is 1.80 bits per heavy atom. The number of likely N-dealkylation sites (tertiary alicyclic amines) is 1. The van der Waals surface area contributed by atoms with Gasteiger partial charge in [-0.1, -0.05) is 0 Å². The molecule has 0 saturated carbocycles. The maximum Gasteiger partial charge on any atom is 0.326 e. The van der Waals surface area contributed by atoms with Crippen LogP contribution in [0.5, 0.6) is 5.75 Å². The van der Waals surface area contributed by atoms with Crippen molar-refractivity contribution in [3.63, 3.8) is 0 Å². The molecular weight excluding hydrogens is 324 g/mol. The van der Waals surface area contributed by atoms with Crippen LogP contribution in [-0.4, -0.2) is 55.0 Å². The zero-order valence-corrected chi connectivity index (χ0v) is 14.6. The molecule has 2 rings (SSSR count). The molecule has 0 aromatic heterocycles. The van der Waals surface area contributed by atoms with Crippen molar-refractivity contribution < 1.29 is 23.9 Å². The van der Waals surface area contributed by atoms with Gasteiger partial charge in [-0.05, 0) is 51.0 Å². The van der Waals surface area contributed by atoms with E-state index < -0.39 is 18.0 Å². The highest BCUT2D eigenvalue weighted by Crippen LogP contribution is 2.12. The normalized spacial score (nSPS) is 14.7. The van der Waals surface area contributed by atoms with E-state index in [0.717, 1.165) is 12.8 Å². The van der Waals surface area contributed by atoms with E-state index >= 15 is 0 Å². The fourth-order valence-corrected chi connectivity index (χ4v) is 2.61. The Morgan fingerprint density at radius 3 is 2.40 bits per heavy atom. The molecule has 1 fully saturated rings. The van der Waals surface area contributed by atoms with Gasteiger partial charge in [-0.25, -0.2) is 0 Å². The Labute approximate surface area is 147 Å². The largest absolute Gasteiger partial charge is 0.494 e. The summed E-state index contributed by atoms with van der Waals surface area (Å²) in [6.45, 7) is 5.09. The van der Waals surface area contributed by atoms with Crippen LogP contribution >= 0.6 is 0 Å². The van der Waals surface area contributed by atoms with E-state index in [9.17, 15) is 14.4 Å². The molecule has 0 unspecified atom stereocenters. The SMILES string of the molecule is CCOc1ccc(C(=O)NCC(=O)O[C@H](C)C(=O)N2CCCC2)cc1. The molecule has 1 atom stereocenters. The van der Waals surface area contributed by atoms with E-state index in [1.165, 1.54) is 0 Å². The van der Waals surface area contributed by atoms with Gasteiger partial charge in [0.2, 0.25) is 0 Å². The lowest BCUT2D eigenvalue weighted by molar-refractivity contribution is -0.157. The van der Waals surface area contributed by atoms with Crippen LogP contribution in [0.4, 0.5) is 0 Å². The molecule has 136 valence electrons. The molecule has 25 heavy (non-hydrogen) atoms. The number of hydrogen-bond donors (Lipinski definition) is 1. The average Bonchev–Trinajstić information content (AvgIpc) is 3.14. The lowest BCUT2D eigenvalue weighted by atomic mass is 10.2. The summed E-state index contributed by atoms with van der Waals surface area (Å²) >= 11 is 0. The first kappa shape index (κ1) is 18.8. The molecule has 1 aliphatic heterocycles. The first-order valence-corrected chi connectivity index (χ1v) is 8.50. The zero-order valence-electron chi connectivity index (χ0n) is 14.6. The summed E-state index contributed by atoms with van der Waals surface area (Å²) in [5.41, 5.74) is 0.414. The van der Waals surface area contributed by atoms with Crippen molar-refractivity contribution >= 4 is 17.8 Å². The first-order valence-electron chi connectivity index (χ1n) is 8.50. The van der Waals surface area contributed by atoms with Crippen LogP contribution in [0.3, 0.4) is 0 Å². The van der Waals surface area contributed by atoms with Gasteiger partial charge in [0, 0.05) is 18.7 Å². The highest BCUT2D eigenvalue weighted by Gasteiger charge is 2.25. The fourth-order valence-electron chi connectivity index (χ4n) is 2.61. The van der Waals surface area contributed by atoms with Crippen LogP contribution in [0.15, 0.2) is 24.3 Å². The van der Waals surface area contributed by atoms with Gasteiger partial charge in [0.15, 0.2) is 6.10 Å². The van der Waals surface area contributed by atoms with Gasteiger partial charge in [0.05, 0.1) is 6.61 Å². The van der Waals surface area contributed by atoms with Crippen molar-refractivity contribution in [3.05, 3.63) is 29.8 Å². The summed E-state index contributed by atoms with van der Waals surface area (Å²) in [4.78, 5) is 37.6. The minimum Gasteiger partial charge on any atom is -0.494 e. The Morgan fingerprint density at radius 1 is 1.16 bits per heavy atom. The number of rotatable bonds is 7. The predicted octanol–water partition coefficient (Wildman–Crippen LogP) is 1.37. The molecule has 0 aliphatic carbocycles. The molecule has 2 amide bonds. The number of nitrogens with zero attached hydrogens (tertiary/aromatic N) is 1. The smallest absolute Gasteiger partial charge is 0.326 e. The monoisotopic (exact) mass is 348 g/mol. The second-order valence-electron chi connectivity index (χ2n) is 5.80. The van der Waals surface area contributed by atoms with Gasteiger partial charge in [-0.2, -0.15) is 0 Å². The molecule has 7 nitrogen and oxygen atoms in total. The number of benzene rings is 1. The Bertz CT molecular complexity index is 608. The Kier molecular flexibility index (Phi) is 6.80. The second kappa shape index (κ2) is 9.05. The number of carbonyl (C=O) groups is 3. The molecule has 1 N–H and O–H groups in total. The quantitative estimate of drug-likeness (QED) is 0.752. The summed E-state index contributed by atoms with van der Waals surface area (Å²) in [5.74, 6) is -0.547. The highest BCUT2D eigenvalue weighted by atomic mass is 16.5. The number of carbonyl (C=O) groups excluding carboxylic acids is 3. The van der Waals surface area contributed by atoms with Gasteiger partial charge in [-0.15, -0.1) is 0 Å². The van der Waals surface area contributed by atoms with Crippen molar-refractivity contribution in [2.75, 3.05) is 26.2 Å². The maximum absolute atomic E-state index is 12.1. The molecule has 0 spiro atoms. The minimum atomic E-state index is -0.840. The number of ether oxygens (including phenoxy) is 2. The minimum absolute atomic E-state index is 0.191. The Hall–Kier alpha value is -2.57. The molecule has 7 heteroatoms. The van der Waals surface area contributed by atoms with Crippen LogP contribution in [0.2, 0.25) is 0 Å². The molecule has 1 heterocycles. The summed E-state index contributed by atoms with van der Waals surface area (Å²) in [5, 5.41) is 2.48. The summed E-state index contributed by atoms with van der Waals surface area (Å²) in [6.07, 6.45) is 1.11. The third-order valence-corrected chi connectivity index (χ3v) is 3.89. The van der Waals surface area contributed by atoms with Crippen molar-refractivity contribution in [2.45, 2.75) is 32.8 Å².